The van der Waals surface area contributed by atoms with E-state index in [2.05, 4.69) is 23.2 Å². The predicted molar refractivity (Wildman–Crippen MR) is 89.6 cm³/mol. The van der Waals surface area contributed by atoms with Crippen LogP contribution in [0.2, 0.25) is 0 Å². The lowest BCUT2D eigenvalue weighted by Crippen LogP contribution is -2.51. The summed E-state index contributed by atoms with van der Waals surface area (Å²) >= 11 is 0. The van der Waals surface area contributed by atoms with E-state index >= 15 is 0 Å². The zero-order valence-electron chi connectivity index (χ0n) is 13.7. The third-order valence-corrected chi connectivity index (χ3v) is 4.04. The summed E-state index contributed by atoms with van der Waals surface area (Å²) in [5.74, 6) is 1.10. The second-order valence-corrected chi connectivity index (χ2v) is 5.57. The Bertz CT molecular complexity index is 471. The highest BCUT2D eigenvalue weighted by Gasteiger charge is 2.22. The van der Waals surface area contributed by atoms with Gasteiger partial charge in [0.2, 0.25) is 5.91 Å². The van der Waals surface area contributed by atoms with Crippen LogP contribution in [-0.4, -0.2) is 57.2 Å². The molecular weight excluding hydrogens is 278 g/mol. The van der Waals surface area contributed by atoms with E-state index in [0.717, 1.165) is 57.0 Å². The van der Waals surface area contributed by atoms with Crippen LogP contribution >= 0.6 is 0 Å². The minimum Gasteiger partial charge on any atom is -0.495 e. The third-order valence-electron chi connectivity index (χ3n) is 4.04. The largest absolute Gasteiger partial charge is 0.495 e. The van der Waals surface area contributed by atoms with Crippen molar-refractivity contribution in [1.29, 1.82) is 0 Å². The van der Waals surface area contributed by atoms with Crippen LogP contribution in [0.3, 0.4) is 0 Å². The molecule has 1 N–H and O–H groups in total. The van der Waals surface area contributed by atoms with E-state index in [1.165, 1.54) is 0 Å². The van der Waals surface area contributed by atoms with Crippen LogP contribution < -0.4 is 15.0 Å². The number of ether oxygens (including phenoxy) is 1. The van der Waals surface area contributed by atoms with Gasteiger partial charge in [-0.3, -0.25) is 4.79 Å². The lowest BCUT2D eigenvalue weighted by atomic mass is 10.2. The molecule has 1 amide bonds. The Balaban J connectivity index is 1.81. The molecule has 5 heteroatoms. The molecule has 22 heavy (non-hydrogen) atoms. The van der Waals surface area contributed by atoms with E-state index in [1.807, 2.05) is 23.1 Å². The molecule has 1 aromatic rings. The van der Waals surface area contributed by atoms with Crippen molar-refractivity contribution in [3.8, 4) is 5.75 Å². The van der Waals surface area contributed by atoms with Gasteiger partial charge in [-0.2, -0.15) is 0 Å². The average molecular weight is 305 g/mol. The van der Waals surface area contributed by atoms with Crippen molar-refractivity contribution in [2.45, 2.75) is 19.8 Å². The van der Waals surface area contributed by atoms with Crippen molar-refractivity contribution in [2.24, 2.45) is 0 Å². The first-order chi connectivity index (χ1) is 10.8. The normalized spacial score (nSPS) is 15.0. The number of hydrogen-bond acceptors (Lipinski definition) is 4. The van der Waals surface area contributed by atoms with E-state index in [-0.39, 0.29) is 5.91 Å². The van der Waals surface area contributed by atoms with E-state index < -0.39 is 0 Å². The van der Waals surface area contributed by atoms with Gasteiger partial charge in [-0.25, -0.2) is 0 Å². The molecular formula is C17H27N3O2. The average Bonchev–Trinajstić information content (AvgIpc) is 2.58. The topological polar surface area (TPSA) is 44.8 Å². The maximum Gasteiger partial charge on any atom is 0.236 e. The fourth-order valence-corrected chi connectivity index (χ4v) is 2.70. The van der Waals surface area contributed by atoms with Crippen LogP contribution in [0.5, 0.6) is 5.75 Å². The highest BCUT2D eigenvalue weighted by atomic mass is 16.5. The number of amides is 1. The lowest BCUT2D eigenvalue weighted by molar-refractivity contribution is -0.130. The molecule has 122 valence electrons. The number of anilines is 1. The van der Waals surface area contributed by atoms with Crippen LogP contribution in [0.25, 0.3) is 0 Å². The number of rotatable bonds is 7. The van der Waals surface area contributed by atoms with Crippen LogP contribution in [0.4, 0.5) is 5.69 Å². The number of nitrogens with one attached hydrogen (secondary N) is 1. The molecule has 1 heterocycles. The van der Waals surface area contributed by atoms with Gasteiger partial charge in [0, 0.05) is 26.2 Å². The van der Waals surface area contributed by atoms with E-state index in [0.29, 0.717) is 6.54 Å². The Labute approximate surface area is 133 Å². The second kappa shape index (κ2) is 8.63. The van der Waals surface area contributed by atoms with Gasteiger partial charge in [0.05, 0.1) is 19.3 Å². The fraction of sp³-hybridized carbons (Fsp3) is 0.588. The van der Waals surface area contributed by atoms with Crippen LogP contribution in [0.1, 0.15) is 19.8 Å². The SMILES string of the molecule is CCCCNCC(=O)N1CCN(c2ccccc2OC)CC1. The molecule has 1 aliphatic rings. The Morgan fingerprint density at radius 2 is 1.95 bits per heavy atom. The van der Waals surface area contributed by atoms with Crippen LogP contribution in [0, 0.1) is 0 Å². The molecule has 0 saturated carbocycles. The molecule has 1 saturated heterocycles. The monoisotopic (exact) mass is 305 g/mol. The predicted octanol–water partition coefficient (Wildman–Crippen LogP) is 1.73. The van der Waals surface area contributed by atoms with Crippen molar-refractivity contribution in [3.63, 3.8) is 0 Å². The number of carbonyl (C=O) groups excluding carboxylic acids is 1. The molecule has 0 unspecified atom stereocenters. The molecule has 5 nitrogen and oxygen atoms in total. The maximum atomic E-state index is 12.1. The third kappa shape index (κ3) is 4.37. The summed E-state index contributed by atoms with van der Waals surface area (Å²) in [6, 6.07) is 8.05. The van der Waals surface area contributed by atoms with Gasteiger partial charge in [0.25, 0.3) is 0 Å². The summed E-state index contributed by atoms with van der Waals surface area (Å²) in [5, 5.41) is 3.22. The summed E-state index contributed by atoms with van der Waals surface area (Å²) in [6.07, 6.45) is 2.27. The van der Waals surface area contributed by atoms with Gasteiger partial charge in [0.1, 0.15) is 5.75 Å². The molecule has 2 rings (SSSR count). The molecule has 1 fully saturated rings. The van der Waals surface area contributed by atoms with Gasteiger partial charge in [0.15, 0.2) is 0 Å². The van der Waals surface area contributed by atoms with E-state index in [9.17, 15) is 4.79 Å². The number of methoxy groups -OCH3 is 1. The zero-order chi connectivity index (χ0) is 15.8. The number of unbranched alkanes of at least 4 members (excludes halogenated alkanes) is 1. The summed E-state index contributed by atoms with van der Waals surface area (Å²) in [4.78, 5) is 16.4. The molecule has 0 bridgehead atoms. The summed E-state index contributed by atoms with van der Waals surface area (Å²) in [7, 11) is 1.70. The smallest absolute Gasteiger partial charge is 0.236 e. The van der Waals surface area contributed by atoms with Crippen molar-refractivity contribution in [3.05, 3.63) is 24.3 Å². The van der Waals surface area contributed by atoms with Gasteiger partial charge in [-0.15, -0.1) is 0 Å². The van der Waals surface area contributed by atoms with Gasteiger partial charge >= 0.3 is 0 Å². The molecule has 0 aromatic heterocycles. The number of piperazine rings is 1. The number of benzene rings is 1. The first kappa shape index (κ1) is 16.6. The highest BCUT2D eigenvalue weighted by molar-refractivity contribution is 5.78. The molecule has 1 aliphatic heterocycles. The fourth-order valence-electron chi connectivity index (χ4n) is 2.70. The van der Waals surface area contributed by atoms with Crippen LogP contribution in [-0.2, 0) is 4.79 Å². The summed E-state index contributed by atoms with van der Waals surface area (Å²) < 4.78 is 5.42. The Hall–Kier alpha value is -1.75. The second-order valence-electron chi connectivity index (χ2n) is 5.57. The van der Waals surface area contributed by atoms with Gasteiger partial charge in [-0.1, -0.05) is 25.5 Å². The lowest BCUT2D eigenvalue weighted by Gasteiger charge is -2.36. The van der Waals surface area contributed by atoms with Gasteiger partial charge < -0.3 is 19.9 Å². The van der Waals surface area contributed by atoms with E-state index in [1.54, 1.807) is 7.11 Å². The number of carbonyl (C=O) groups is 1. The molecule has 0 radical (unpaired) electrons. The Morgan fingerprint density at radius 1 is 1.23 bits per heavy atom. The first-order valence-corrected chi connectivity index (χ1v) is 8.12. The summed E-state index contributed by atoms with van der Waals surface area (Å²) in [5.41, 5.74) is 1.11. The van der Waals surface area contributed by atoms with Crippen molar-refractivity contribution >= 4 is 11.6 Å². The first-order valence-electron chi connectivity index (χ1n) is 8.12. The summed E-state index contributed by atoms with van der Waals surface area (Å²) in [6.45, 7) is 6.76. The van der Waals surface area contributed by atoms with Crippen LogP contribution in [0.15, 0.2) is 24.3 Å². The number of nitrogens with zero attached hydrogens (tertiary/aromatic N) is 2. The molecule has 0 aliphatic carbocycles. The standard InChI is InChI=1S/C17H27N3O2/c1-3-4-9-18-14-17(21)20-12-10-19(11-13-20)15-7-5-6-8-16(15)22-2/h5-8,18H,3-4,9-14H2,1-2H3. The number of para-hydroxylation sites is 2. The molecule has 0 spiro atoms. The van der Waals surface area contributed by atoms with Crippen molar-refractivity contribution < 1.29 is 9.53 Å². The zero-order valence-corrected chi connectivity index (χ0v) is 13.7. The van der Waals surface area contributed by atoms with Crippen molar-refractivity contribution in [2.75, 3.05) is 51.3 Å². The van der Waals surface area contributed by atoms with Crippen molar-refractivity contribution in [1.82, 2.24) is 10.2 Å². The Morgan fingerprint density at radius 3 is 2.64 bits per heavy atom. The molecule has 1 aromatic carbocycles. The maximum absolute atomic E-state index is 12.1. The highest BCUT2D eigenvalue weighted by Crippen LogP contribution is 2.28. The number of hydrogen-bond donors (Lipinski definition) is 1. The quantitative estimate of drug-likeness (QED) is 0.779. The van der Waals surface area contributed by atoms with E-state index in [4.69, 9.17) is 4.74 Å². The molecule has 0 atom stereocenters. The van der Waals surface area contributed by atoms with Gasteiger partial charge in [-0.05, 0) is 25.1 Å². The Kier molecular flexibility index (Phi) is 6.52. The minimum absolute atomic E-state index is 0.204. The minimum atomic E-state index is 0.204.